The molecule has 1 heterocycles. The first-order valence-corrected chi connectivity index (χ1v) is 4.84. The molecule has 0 radical (unpaired) electrons. The number of hydrogen-bond acceptors (Lipinski definition) is 3. The van der Waals surface area contributed by atoms with E-state index >= 15 is 0 Å². The van der Waals surface area contributed by atoms with Crippen LogP contribution in [-0.2, 0) is 0 Å². The molecule has 3 nitrogen and oxygen atoms in total. The number of carbonyl (C=O) groups excluding carboxylic acids is 1. The molecule has 0 aliphatic heterocycles. The lowest BCUT2D eigenvalue weighted by Gasteiger charge is -1.90. The average molecular weight is 221 g/mol. The van der Waals surface area contributed by atoms with Crippen molar-refractivity contribution in [2.45, 2.75) is 0 Å². The fraction of sp³-hybridized carbons (Fsp3) is 0.375. The average Bonchev–Trinajstić information content (AvgIpc) is 2.34. The van der Waals surface area contributed by atoms with Crippen molar-refractivity contribution in [2.75, 3.05) is 21.1 Å². The third kappa shape index (κ3) is 6.57. The van der Waals surface area contributed by atoms with Gasteiger partial charge < -0.3 is 10.6 Å². The van der Waals surface area contributed by atoms with Gasteiger partial charge in [-0.1, -0.05) is 11.6 Å². The van der Waals surface area contributed by atoms with E-state index in [1.54, 1.807) is 11.4 Å². The minimum atomic E-state index is -0.424. The molecule has 0 aliphatic rings. The molecule has 0 fully saturated rings. The van der Waals surface area contributed by atoms with Crippen molar-refractivity contribution in [2.24, 2.45) is 5.73 Å². The van der Waals surface area contributed by atoms with Crippen LogP contribution >= 0.6 is 22.9 Å². The van der Waals surface area contributed by atoms with Gasteiger partial charge in [0.1, 0.15) is 0 Å². The number of hydrogen-bond donors (Lipinski definition) is 1. The highest BCUT2D eigenvalue weighted by molar-refractivity contribution is 7.12. The number of primary amides is 1. The molecule has 0 aliphatic carbocycles. The Morgan fingerprint density at radius 1 is 1.54 bits per heavy atom. The molecule has 1 aromatic heterocycles. The SMILES string of the molecule is CN(C)C.NC(=O)c1cc(Cl)cs1. The van der Waals surface area contributed by atoms with Gasteiger partial charge in [-0.3, -0.25) is 4.79 Å². The highest BCUT2D eigenvalue weighted by Gasteiger charge is 2.01. The molecule has 0 spiro atoms. The molecular weight excluding hydrogens is 208 g/mol. The molecule has 0 aromatic carbocycles. The van der Waals surface area contributed by atoms with E-state index in [0.29, 0.717) is 9.90 Å². The largest absolute Gasteiger partial charge is 0.365 e. The smallest absolute Gasteiger partial charge is 0.258 e. The van der Waals surface area contributed by atoms with Gasteiger partial charge in [-0.05, 0) is 27.2 Å². The lowest BCUT2D eigenvalue weighted by molar-refractivity contribution is 0.100. The summed E-state index contributed by atoms with van der Waals surface area (Å²) in [7, 11) is 6.00. The van der Waals surface area contributed by atoms with E-state index in [1.807, 2.05) is 26.0 Å². The van der Waals surface area contributed by atoms with E-state index in [1.165, 1.54) is 11.3 Å². The molecule has 0 atom stereocenters. The van der Waals surface area contributed by atoms with Crippen LogP contribution in [0.3, 0.4) is 0 Å². The number of carbonyl (C=O) groups is 1. The van der Waals surface area contributed by atoms with Crippen molar-refractivity contribution in [3.05, 3.63) is 21.3 Å². The Morgan fingerprint density at radius 3 is 2.15 bits per heavy atom. The van der Waals surface area contributed by atoms with E-state index in [2.05, 4.69) is 0 Å². The van der Waals surface area contributed by atoms with Gasteiger partial charge in [-0.25, -0.2) is 0 Å². The summed E-state index contributed by atoms with van der Waals surface area (Å²) in [5, 5.41) is 2.23. The van der Waals surface area contributed by atoms with Crippen molar-refractivity contribution in [1.82, 2.24) is 4.90 Å². The van der Waals surface area contributed by atoms with Crippen LogP contribution in [0.25, 0.3) is 0 Å². The van der Waals surface area contributed by atoms with Gasteiger partial charge >= 0.3 is 0 Å². The monoisotopic (exact) mass is 220 g/mol. The van der Waals surface area contributed by atoms with Crippen LogP contribution < -0.4 is 5.73 Å². The summed E-state index contributed by atoms with van der Waals surface area (Å²) >= 11 is 6.76. The second-order valence-electron chi connectivity index (χ2n) is 2.84. The minimum absolute atomic E-state index is 0.424. The van der Waals surface area contributed by atoms with Gasteiger partial charge in [0, 0.05) is 5.38 Å². The Kier molecular flexibility index (Phi) is 5.70. The van der Waals surface area contributed by atoms with Gasteiger partial charge in [0.15, 0.2) is 0 Å². The lowest BCUT2D eigenvalue weighted by Crippen LogP contribution is -2.07. The van der Waals surface area contributed by atoms with Crippen molar-refractivity contribution >= 4 is 28.8 Å². The summed E-state index contributed by atoms with van der Waals surface area (Å²) in [6.45, 7) is 0. The first kappa shape index (κ1) is 12.4. The first-order chi connectivity index (χ1) is 5.93. The quantitative estimate of drug-likeness (QED) is 0.783. The highest BCUT2D eigenvalue weighted by Crippen LogP contribution is 2.17. The molecule has 1 amide bonds. The molecule has 74 valence electrons. The molecule has 1 aromatic rings. The Labute approximate surface area is 87.1 Å². The predicted octanol–water partition coefficient (Wildman–Crippen LogP) is 1.68. The van der Waals surface area contributed by atoms with E-state index in [-0.39, 0.29) is 0 Å². The van der Waals surface area contributed by atoms with E-state index in [4.69, 9.17) is 17.3 Å². The maximum absolute atomic E-state index is 10.4. The van der Waals surface area contributed by atoms with Gasteiger partial charge in [-0.15, -0.1) is 11.3 Å². The van der Waals surface area contributed by atoms with Crippen LogP contribution in [0, 0.1) is 0 Å². The zero-order chi connectivity index (χ0) is 10.4. The summed E-state index contributed by atoms with van der Waals surface area (Å²) in [4.78, 5) is 12.9. The summed E-state index contributed by atoms with van der Waals surface area (Å²) in [6, 6.07) is 1.55. The van der Waals surface area contributed by atoms with Crippen LogP contribution in [0.4, 0.5) is 0 Å². The Bertz CT molecular complexity index is 270. The predicted molar refractivity (Wildman–Crippen MR) is 57.5 cm³/mol. The Morgan fingerprint density at radius 2 is 2.00 bits per heavy atom. The topological polar surface area (TPSA) is 46.3 Å². The fourth-order valence-electron chi connectivity index (χ4n) is 0.442. The van der Waals surface area contributed by atoms with Crippen LogP contribution in [0.15, 0.2) is 11.4 Å². The zero-order valence-corrected chi connectivity index (χ0v) is 9.45. The molecule has 0 bridgehead atoms. The second kappa shape index (κ2) is 5.96. The third-order valence-corrected chi connectivity index (χ3v) is 2.10. The van der Waals surface area contributed by atoms with E-state index in [0.717, 1.165) is 0 Å². The van der Waals surface area contributed by atoms with Gasteiger partial charge in [-0.2, -0.15) is 0 Å². The van der Waals surface area contributed by atoms with Crippen molar-refractivity contribution in [3.63, 3.8) is 0 Å². The second-order valence-corrected chi connectivity index (χ2v) is 4.18. The zero-order valence-electron chi connectivity index (χ0n) is 7.87. The van der Waals surface area contributed by atoms with Crippen LogP contribution in [0.5, 0.6) is 0 Å². The number of halogens is 1. The Balaban J connectivity index is 0.000000310. The molecule has 0 saturated heterocycles. The maximum atomic E-state index is 10.4. The fourth-order valence-corrected chi connectivity index (χ4v) is 1.37. The number of thiophene rings is 1. The molecule has 2 N–H and O–H groups in total. The maximum Gasteiger partial charge on any atom is 0.258 e. The Hall–Kier alpha value is -0.580. The summed E-state index contributed by atoms with van der Waals surface area (Å²) in [6.07, 6.45) is 0. The summed E-state index contributed by atoms with van der Waals surface area (Å²) in [5.41, 5.74) is 4.94. The van der Waals surface area contributed by atoms with Crippen molar-refractivity contribution < 1.29 is 4.79 Å². The molecule has 13 heavy (non-hydrogen) atoms. The molecule has 0 unspecified atom stereocenters. The first-order valence-electron chi connectivity index (χ1n) is 3.58. The molecule has 5 heteroatoms. The van der Waals surface area contributed by atoms with Crippen molar-refractivity contribution in [3.8, 4) is 0 Å². The number of amides is 1. The van der Waals surface area contributed by atoms with Gasteiger partial charge in [0.05, 0.1) is 9.90 Å². The minimum Gasteiger partial charge on any atom is -0.365 e. The molecule has 0 saturated carbocycles. The number of nitrogens with zero attached hydrogens (tertiary/aromatic N) is 1. The molecule has 1 rings (SSSR count). The van der Waals surface area contributed by atoms with Gasteiger partial charge in [0.25, 0.3) is 5.91 Å². The highest BCUT2D eigenvalue weighted by atomic mass is 35.5. The van der Waals surface area contributed by atoms with Gasteiger partial charge in [0.2, 0.25) is 0 Å². The van der Waals surface area contributed by atoms with E-state index in [9.17, 15) is 4.79 Å². The summed E-state index contributed by atoms with van der Waals surface area (Å²) in [5.74, 6) is -0.424. The van der Waals surface area contributed by atoms with Crippen LogP contribution in [-0.4, -0.2) is 32.0 Å². The lowest BCUT2D eigenvalue weighted by atomic mass is 10.5. The van der Waals surface area contributed by atoms with E-state index < -0.39 is 5.91 Å². The standard InChI is InChI=1S/C5H4ClNOS.C3H9N/c6-3-1-4(5(7)8)9-2-3;1-4(2)3/h1-2H,(H2,7,8);1-3H3. The number of nitrogens with two attached hydrogens (primary N) is 1. The van der Waals surface area contributed by atoms with Crippen LogP contribution in [0.2, 0.25) is 5.02 Å². The molecular formula is C8H13ClN2OS. The third-order valence-electron chi connectivity index (χ3n) is 0.810. The van der Waals surface area contributed by atoms with Crippen molar-refractivity contribution in [1.29, 1.82) is 0 Å². The van der Waals surface area contributed by atoms with Crippen LogP contribution in [0.1, 0.15) is 9.67 Å². The number of rotatable bonds is 1. The normalized spacial score (nSPS) is 9.31. The summed E-state index contributed by atoms with van der Waals surface area (Å²) < 4.78 is 0.